The summed E-state index contributed by atoms with van der Waals surface area (Å²) in [5.74, 6) is -0.241. The van der Waals surface area contributed by atoms with Crippen molar-refractivity contribution in [3.63, 3.8) is 0 Å². The Labute approximate surface area is 233 Å². The Bertz CT molecular complexity index is 1070. The van der Waals surface area contributed by atoms with E-state index in [0.29, 0.717) is 18.9 Å². The fourth-order valence-electron chi connectivity index (χ4n) is 4.37. The molecule has 2 rings (SSSR count). The molecule has 3 N–H and O–H groups in total. The van der Waals surface area contributed by atoms with Crippen molar-refractivity contribution in [1.29, 1.82) is 0 Å². The van der Waals surface area contributed by atoms with Crippen LogP contribution in [0.2, 0.25) is 0 Å². The quantitative estimate of drug-likeness (QED) is 0.458. The zero-order valence-electron chi connectivity index (χ0n) is 24.3. The van der Waals surface area contributed by atoms with Crippen molar-refractivity contribution >= 4 is 27.6 Å². The van der Waals surface area contributed by atoms with Gasteiger partial charge in [-0.05, 0) is 65.2 Å². The maximum atomic E-state index is 14.0. The number of fused-ring (bicyclic) bond motifs is 1. The zero-order chi connectivity index (χ0) is 29.3. The van der Waals surface area contributed by atoms with Gasteiger partial charge in [0.15, 0.2) is 0 Å². The number of anilines is 1. The number of rotatable bonds is 7. The van der Waals surface area contributed by atoms with E-state index in [4.69, 9.17) is 9.47 Å². The van der Waals surface area contributed by atoms with Crippen molar-refractivity contribution in [2.45, 2.75) is 78.2 Å². The van der Waals surface area contributed by atoms with Crippen LogP contribution in [0.1, 0.15) is 64.2 Å². The number of hydrogen-bond acceptors (Lipinski definition) is 7. The Morgan fingerprint density at radius 1 is 1.23 bits per heavy atom. The summed E-state index contributed by atoms with van der Waals surface area (Å²) >= 11 is 0. The second-order valence-corrected chi connectivity index (χ2v) is 12.6. The molecule has 0 unspecified atom stereocenters. The van der Waals surface area contributed by atoms with Gasteiger partial charge in [-0.1, -0.05) is 6.92 Å². The van der Waals surface area contributed by atoms with Crippen LogP contribution in [0, 0.1) is 5.92 Å². The van der Waals surface area contributed by atoms with Gasteiger partial charge in [0.25, 0.3) is 5.91 Å². The number of carbonyl (C=O) groups is 2. The summed E-state index contributed by atoms with van der Waals surface area (Å²) in [6, 6.07) is 3.88. The third-order valence-electron chi connectivity index (χ3n) is 6.57. The fraction of sp³-hybridized carbons (Fsp3) is 0.704. The molecule has 0 spiro atoms. The fourth-order valence-corrected chi connectivity index (χ4v) is 4.93. The highest BCUT2D eigenvalue weighted by Crippen LogP contribution is 2.28. The molecule has 222 valence electrons. The van der Waals surface area contributed by atoms with Crippen molar-refractivity contribution in [1.82, 2.24) is 15.1 Å². The van der Waals surface area contributed by atoms with E-state index in [2.05, 4.69) is 10.0 Å². The summed E-state index contributed by atoms with van der Waals surface area (Å²) < 4.78 is 38.5. The molecule has 0 radical (unpaired) electrons. The maximum Gasteiger partial charge on any atom is 0.317 e. The number of sulfonamides is 1. The van der Waals surface area contributed by atoms with Crippen LogP contribution in [-0.2, 0) is 14.8 Å². The van der Waals surface area contributed by atoms with E-state index in [9.17, 15) is 23.1 Å². The number of aliphatic hydroxyl groups excluding tert-OH is 1. The molecule has 39 heavy (non-hydrogen) atoms. The lowest BCUT2D eigenvalue weighted by molar-refractivity contribution is -0.0122. The van der Waals surface area contributed by atoms with E-state index in [1.165, 1.54) is 6.07 Å². The first-order valence-corrected chi connectivity index (χ1v) is 15.4. The Kier molecular flexibility index (Phi) is 12.3. The van der Waals surface area contributed by atoms with Gasteiger partial charge in [-0.3, -0.25) is 9.52 Å². The molecular weight excluding hydrogens is 524 g/mol. The lowest BCUT2D eigenvalue weighted by Gasteiger charge is -2.36. The number of benzene rings is 1. The molecule has 0 saturated heterocycles. The molecule has 1 aromatic rings. The van der Waals surface area contributed by atoms with Crippen molar-refractivity contribution in [2.75, 3.05) is 44.3 Å². The summed E-state index contributed by atoms with van der Waals surface area (Å²) in [5.41, 5.74) is 0.441. The average Bonchev–Trinajstić information content (AvgIpc) is 2.84. The Morgan fingerprint density at radius 2 is 1.92 bits per heavy atom. The highest BCUT2D eigenvalue weighted by Gasteiger charge is 2.31. The Balaban J connectivity index is 2.46. The second-order valence-electron chi connectivity index (χ2n) is 10.9. The maximum absolute atomic E-state index is 14.0. The minimum absolute atomic E-state index is 0.00726. The van der Waals surface area contributed by atoms with Crippen LogP contribution in [0.15, 0.2) is 18.2 Å². The van der Waals surface area contributed by atoms with E-state index in [1.807, 2.05) is 27.7 Å². The summed E-state index contributed by atoms with van der Waals surface area (Å²) in [6.07, 6.45) is 2.87. The summed E-state index contributed by atoms with van der Waals surface area (Å²) in [6.45, 7) is 10.2. The molecule has 0 aromatic heterocycles. The summed E-state index contributed by atoms with van der Waals surface area (Å²) in [4.78, 5) is 29.7. The predicted octanol–water partition coefficient (Wildman–Crippen LogP) is 2.90. The highest BCUT2D eigenvalue weighted by atomic mass is 32.2. The summed E-state index contributed by atoms with van der Waals surface area (Å²) in [7, 11) is -1.86. The van der Waals surface area contributed by atoms with Crippen LogP contribution in [0.25, 0.3) is 0 Å². The molecule has 0 bridgehead atoms. The lowest BCUT2D eigenvalue weighted by atomic mass is 10.0. The van der Waals surface area contributed by atoms with E-state index in [1.54, 1.807) is 35.9 Å². The van der Waals surface area contributed by atoms with Crippen LogP contribution in [0.3, 0.4) is 0 Å². The van der Waals surface area contributed by atoms with E-state index in [0.717, 1.165) is 25.5 Å². The molecule has 1 aromatic carbocycles. The van der Waals surface area contributed by atoms with Crippen LogP contribution < -0.4 is 14.8 Å². The first-order chi connectivity index (χ1) is 18.2. The Hall–Kier alpha value is -2.57. The number of ether oxygens (including phenoxy) is 2. The largest absolute Gasteiger partial charge is 0.490 e. The van der Waals surface area contributed by atoms with E-state index in [-0.39, 0.29) is 54.6 Å². The van der Waals surface area contributed by atoms with Gasteiger partial charge in [-0.15, -0.1) is 0 Å². The number of nitrogens with zero attached hydrogens (tertiary/aromatic N) is 2. The number of likely N-dealkylation sites (N-methyl/N-ethyl adjacent to an activating group) is 1. The molecule has 4 atom stereocenters. The standard InChI is InChI=1S/C27H46N4O7S/c1-18(2)28-27(34)30(6)16-25-19(3)15-31(20(4)17-32)26(33)23-14-22(29-39(7,35)36)11-12-24(23)38-21(5)10-8-9-13-37-25/h11-12,14,18-21,25,29,32H,8-10,13,15-17H2,1-7H3,(H,28,34)/t19-,20-,21-,25+/m1/s1. The van der Waals surface area contributed by atoms with Crippen molar-refractivity contribution in [3.05, 3.63) is 23.8 Å². The van der Waals surface area contributed by atoms with Crippen LogP contribution in [-0.4, -0.2) is 99.2 Å². The second kappa shape index (κ2) is 14.7. The normalized spacial score (nSPS) is 22.3. The highest BCUT2D eigenvalue weighted by molar-refractivity contribution is 7.92. The van der Waals surface area contributed by atoms with Gasteiger partial charge in [0.1, 0.15) is 5.75 Å². The van der Waals surface area contributed by atoms with Gasteiger partial charge in [-0.2, -0.15) is 0 Å². The zero-order valence-corrected chi connectivity index (χ0v) is 25.1. The lowest BCUT2D eigenvalue weighted by Crippen LogP contribution is -2.49. The minimum atomic E-state index is -3.57. The van der Waals surface area contributed by atoms with Gasteiger partial charge in [0, 0.05) is 44.4 Å². The van der Waals surface area contributed by atoms with Crippen LogP contribution in [0.5, 0.6) is 5.75 Å². The Morgan fingerprint density at radius 3 is 2.54 bits per heavy atom. The number of amides is 3. The monoisotopic (exact) mass is 570 g/mol. The third kappa shape index (κ3) is 10.5. The topological polar surface area (TPSA) is 138 Å². The molecule has 0 fully saturated rings. The minimum Gasteiger partial charge on any atom is -0.490 e. The number of aliphatic hydroxyl groups is 1. The first kappa shape index (κ1) is 32.6. The first-order valence-electron chi connectivity index (χ1n) is 13.5. The molecule has 1 aliphatic rings. The molecule has 1 heterocycles. The van der Waals surface area contributed by atoms with Crippen molar-refractivity contribution < 1.29 is 32.6 Å². The van der Waals surface area contributed by atoms with E-state index >= 15 is 0 Å². The number of urea groups is 1. The van der Waals surface area contributed by atoms with Crippen LogP contribution >= 0.6 is 0 Å². The molecule has 12 heteroatoms. The molecular formula is C27H46N4O7S. The van der Waals surface area contributed by atoms with Gasteiger partial charge in [0.2, 0.25) is 10.0 Å². The third-order valence-corrected chi connectivity index (χ3v) is 7.17. The average molecular weight is 571 g/mol. The summed E-state index contributed by atoms with van der Waals surface area (Å²) in [5, 5.41) is 12.9. The molecule has 3 amide bonds. The van der Waals surface area contributed by atoms with Gasteiger partial charge in [-0.25, -0.2) is 13.2 Å². The predicted molar refractivity (Wildman–Crippen MR) is 152 cm³/mol. The molecule has 1 aliphatic heterocycles. The molecule has 0 saturated carbocycles. The smallest absolute Gasteiger partial charge is 0.317 e. The number of hydrogen-bond donors (Lipinski definition) is 3. The number of carbonyl (C=O) groups excluding carboxylic acids is 2. The van der Waals surface area contributed by atoms with Crippen molar-refractivity contribution in [3.8, 4) is 5.75 Å². The van der Waals surface area contributed by atoms with Gasteiger partial charge in [0.05, 0.1) is 36.7 Å². The number of nitrogens with one attached hydrogen (secondary N) is 2. The SMILES string of the molecule is CC(C)NC(=O)N(C)C[C@@H]1OCCCC[C@@H](C)Oc2ccc(NS(C)(=O)=O)cc2C(=O)N([C@H](C)CO)C[C@H]1C. The molecule has 11 nitrogen and oxygen atoms in total. The van der Waals surface area contributed by atoms with Gasteiger partial charge >= 0.3 is 6.03 Å². The van der Waals surface area contributed by atoms with Crippen LogP contribution in [0.4, 0.5) is 10.5 Å². The van der Waals surface area contributed by atoms with Crippen molar-refractivity contribution in [2.24, 2.45) is 5.92 Å². The molecule has 0 aliphatic carbocycles. The van der Waals surface area contributed by atoms with Gasteiger partial charge < -0.3 is 29.7 Å². The van der Waals surface area contributed by atoms with E-state index < -0.39 is 22.0 Å².